The van der Waals surface area contributed by atoms with Gasteiger partial charge in [0.1, 0.15) is 6.33 Å². The highest BCUT2D eigenvalue weighted by Gasteiger charge is 2.07. The number of aromatic nitrogens is 2. The first-order valence-corrected chi connectivity index (χ1v) is 6.23. The molecule has 0 bridgehead atoms. The third-order valence-corrected chi connectivity index (χ3v) is 3.18. The van der Waals surface area contributed by atoms with E-state index < -0.39 is 0 Å². The van der Waals surface area contributed by atoms with Crippen LogP contribution in [0.1, 0.15) is 0 Å². The molecule has 0 saturated heterocycles. The van der Waals surface area contributed by atoms with Crippen LogP contribution in [0.4, 0.5) is 5.69 Å². The van der Waals surface area contributed by atoms with Gasteiger partial charge in [-0.15, -0.1) is 0 Å². The molecule has 0 aliphatic heterocycles. The molecule has 1 aromatic heterocycles. The van der Waals surface area contributed by atoms with Crippen LogP contribution in [0.5, 0.6) is 0 Å². The highest BCUT2D eigenvalue weighted by molar-refractivity contribution is 5.93. The minimum absolute atomic E-state index is 0.972. The minimum Gasteiger partial charge on any atom is -0.378 e. The number of rotatable bonds is 2. The molecule has 19 heavy (non-hydrogen) atoms. The smallest absolute Gasteiger partial charge is 0.116 e. The van der Waals surface area contributed by atoms with E-state index in [1.165, 1.54) is 0 Å². The van der Waals surface area contributed by atoms with Crippen molar-refractivity contribution < 1.29 is 0 Å². The van der Waals surface area contributed by atoms with Crippen molar-refractivity contribution in [2.24, 2.45) is 0 Å². The highest BCUT2D eigenvalue weighted by Crippen LogP contribution is 2.27. The molecule has 0 aliphatic rings. The normalized spacial score (nSPS) is 10.6. The average Bonchev–Trinajstić information content (AvgIpc) is 2.47. The Labute approximate surface area is 112 Å². The maximum atomic E-state index is 4.43. The van der Waals surface area contributed by atoms with Crippen LogP contribution in [0.2, 0.25) is 0 Å². The molecule has 0 N–H and O–H groups in total. The van der Waals surface area contributed by atoms with Crippen LogP contribution in [0, 0.1) is 0 Å². The van der Waals surface area contributed by atoms with Crippen molar-refractivity contribution in [2.45, 2.75) is 0 Å². The first-order valence-electron chi connectivity index (χ1n) is 6.23. The Morgan fingerprint density at radius 2 is 1.68 bits per heavy atom. The molecule has 94 valence electrons. The second kappa shape index (κ2) is 4.69. The zero-order valence-electron chi connectivity index (χ0n) is 11.0. The van der Waals surface area contributed by atoms with Gasteiger partial charge in [-0.2, -0.15) is 0 Å². The van der Waals surface area contributed by atoms with Gasteiger partial charge in [0.05, 0.1) is 11.2 Å². The summed E-state index contributed by atoms with van der Waals surface area (Å²) < 4.78 is 0. The lowest BCUT2D eigenvalue weighted by Gasteiger charge is -2.13. The fraction of sp³-hybridized carbons (Fsp3) is 0.125. The summed E-state index contributed by atoms with van der Waals surface area (Å²) in [6.07, 6.45) is 1.63. The summed E-state index contributed by atoms with van der Waals surface area (Å²) >= 11 is 0. The Balaban J connectivity index is 2.22. The quantitative estimate of drug-likeness (QED) is 0.697. The molecule has 1 heterocycles. The van der Waals surface area contributed by atoms with Gasteiger partial charge < -0.3 is 4.90 Å². The van der Waals surface area contributed by atoms with Gasteiger partial charge in [-0.1, -0.05) is 30.3 Å². The second-order valence-electron chi connectivity index (χ2n) is 4.68. The maximum Gasteiger partial charge on any atom is 0.116 e. The lowest BCUT2D eigenvalue weighted by Crippen LogP contribution is -2.08. The van der Waals surface area contributed by atoms with E-state index in [0.717, 1.165) is 27.8 Å². The van der Waals surface area contributed by atoms with E-state index in [9.17, 15) is 0 Å². The summed E-state index contributed by atoms with van der Waals surface area (Å²) in [5.74, 6) is 0. The predicted octanol–water partition coefficient (Wildman–Crippen LogP) is 3.36. The van der Waals surface area contributed by atoms with Gasteiger partial charge in [0.2, 0.25) is 0 Å². The molecular weight excluding hydrogens is 234 g/mol. The molecular formula is C16H15N3. The van der Waals surface area contributed by atoms with E-state index in [2.05, 4.69) is 45.2 Å². The first-order chi connectivity index (χ1) is 9.25. The first kappa shape index (κ1) is 11.7. The summed E-state index contributed by atoms with van der Waals surface area (Å²) in [6, 6.07) is 16.5. The summed E-state index contributed by atoms with van der Waals surface area (Å²) in [6.45, 7) is 0. The lowest BCUT2D eigenvalue weighted by atomic mass is 10.1. The van der Waals surface area contributed by atoms with E-state index in [4.69, 9.17) is 0 Å². The predicted molar refractivity (Wildman–Crippen MR) is 79.3 cm³/mol. The number of hydrogen-bond donors (Lipinski definition) is 0. The Morgan fingerprint density at radius 3 is 2.42 bits per heavy atom. The molecule has 0 radical (unpaired) electrons. The van der Waals surface area contributed by atoms with E-state index >= 15 is 0 Å². The van der Waals surface area contributed by atoms with E-state index in [-0.39, 0.29) is 0 Å². The van der Waals surface area contributed by atoms with Gasteiger partial charge in [0, 0.05) is 30.7 Å². The van der Waals surface area contributed by atoms with Crippen molar-refractivity contribution in [3.05, 3.63) is 54.9 Å². The van der Waals surface area contributed by atoms with Crippen molar-refractivity contribution in [1.82, 2.24) is 9.97 Å². The van der Waals surface area contributed by atoms with Crippen LogP contribution in [-0.2, 0) is 0 Å². The van der Waals surface area contributed by atoms with Gasteiger partial charge >= 0.3 is 0 Å². The van der Waals surface area contributed by atoms with E-state index in [1.807, 2.05) is 32.3 Å². The standard InChI is InChI=1S/C16H15N3/c1-19(2)13-8-9-14-15(10-13)17-11-18-16(14)12-6-4-3-5-7-12/h3-11H,1-2H3. The van der Waals surface area contributed by atoms with Crippen LogP contribution in [0.25, 0.3) is 22.2 Å². The van der Waals surface area contributed by atoms with Gasteiger partial charge in [-0.05, 0) is 18.2 Å². The molecule has 3 nitrogen and oxygen atoms in total. The SMILES string of the molecule is CN(C)c1ccc2c(-c3ccccc3)ncnc2c1. The zero-order valence-corrected chi connectivity index (χ0v) is 11.0. The Kier molecular flexibility index (Phi) is 2.88. The molecule has 0 atom stereocenters. The van der Waals surface area contributed by atoms with Crippen molar-refractivity contribution >= 4 is 16.6 Å². The molecule has 3 heteroatoms. The van der Waals surface area contributed by atoms with Crippen LogP contribution < -0.4 is 4.90 Å². The van der Waals surface area contributed by atoms with Gasteiger partial charge in [0.15, 0.2) is 0 Å². The van der Waals surface area contributed by atoms with Crippen molar-refractivity contribution in [3.63, 3.8) is 0 Å². The van der Waals surface area contributed by atoms with Crippen molar-refractivity contribution in [1.29, 1.82) is 0 Å². The van der Waals surface area contributed by atoms with E-state index in [1.54, 1.807) is 6.33 Å². The summed E-state index contributed by atoms with van der Waals surface area (Å²) in [4.78, 5) is 10.9. The monoisotopic (exact) mass is 249 g/mol. The molecule has 0 saturated carbocycles. The largest absolute Gasteiger partial charge is 0.378 e. The summed E-state index contributed by atoms with van der Waals surface area (Å²) in [7, 11) is 4.06. The second-order valence-corrected chi connectivity index (χ2v) is 4.68. The number of benzene rings is 2. The topological polar surface area (TPSA) is 29.0 Å². The third kappa shape index (κ3) is 2.15. The number of fused-ring (bicyclic) bond motifs is 1. The Morgan fingerprint density at radius 1 is 0.895 bits per heavy atom. The number of hydrogen-bond acceptors (Lipinski definition) is 3. The Bertz CT molecular complexity index is 706. The van der Waals surface area contributed by atoms with Gasteiger partial charge in [-0.25, -0.2) is 9.97 Å². The molecule has 0 aliphatic carbocycles. The molecule has 2 aromatic carbocycles. The zero-order chi connectivity index (χ0) is 13.2. The molecule has 3 aromatic rings. The fourth-order valence-electron chi connectivity index (χ4n) is 2.15. The minimum atomic E-state index is 0.972. The number of anilines is 1. The van der Waals surface area contributed by atoms with Crippen LogP contribution in [0.3, 0.4) is 0 Å². The van der Waals surface area contributed by atoms with Crippen LogP contribution in [0.15, 0.2) is 54.9 Å². The maximum absolute atomic E-state index is 4.43. The third-order valence-electron chi connectivity index (χ3n) is 3.18. The summed E-state index contributed by atoms with van der Waals surface area (Å²) in [5, 5.41) is 1.08. The van der Waals surface area contributed by atoms with Crippen LogP contribution >= 0.6 is 0 Å². The van der Waals surface area contributed by atoms with Crippen molar-refractivity contribution in [3.8, 4) is 11.3 Å². The fourth-order valence-corrected chi connectivity index (χ4v) is 2.15. The van der Waals surface area contributed by atoms with Gasteiger partial charge in [0.25, 0.3) is 0 Å². The van der Waals surface area contributed by atoms with Crippen molar-refractivity contribution in [2.75, 3.05) is 19.0 Å². The average molecular weight is 249 g/mol. The summed E-state index contributed by atoms with van der Waals surface area (Å²) in [5.41, 5.74) is 4.22. The van der Waals surface area contributed by atoms with E-state index in [0.29, 0.717) is 0 Å². The Hall–Kier alpha value is -2.42. The van der Waals surface area contributed by atoms with Gasteiger partial charge in [-0.3, -0.25) is 0 Å². The molecule has 3 rings (SSSR count). The highest BCUT2D eigenvalue weighted by atomic mass is 15.1. The molecule has 0 unspecified atom stereocenters. The van der Waals surface area contributed by atoms with Crippen LogP contribution in [-0.4, -0.2) is 24.1 Å². The lowest BCUT2D eigenvalue weighted by molar-refractivity contribution is 1.13. The number of nitrogens with zero attached hydrogens (tertiary/aromatic N) is 3. The molecule has 0 fully saturated rings. The molecule has 0 spiro atoms. The molecule has 0 amide bonds.